The van der Waals surface area contributed by atoms with E-state index in [1.807, 2.05) is 0 Å². The molecule has 4 nitrogen and oxygen atoms in total. The van der Waals surface area contributed by atoms with Gasteiger partial charge in [0.05, 0.1) is 0 Å². The minimum absolute atomic E-state index is 0.0119. The van der Waals surface area contributed by atoms with Crippen molar-refractivity contribution < 1.29 is 14.3 Å². The quantitative estimate of drug-likeness (QED) is 0.743. The molecule has 0 amide bonds. The zero-order valence-electron chi connectivity index (χ0n) is 7.69. The van der Waals surface area contributed by atoms with Gasteiger partial charge in [0, 0.05) is 23.9 Å². The summed E-state index contributed by atoms with van der Waals surface area (Å²) >= 11 is 0. The van der Waals surface area contributed by atoms with Crippen LogP contribution < -0.4 is 5.63 Å². The van der Waals surface area contributed by atoms with Crippen molar-refractivity contribution in [3.63, 3.8) is 0 Å². The molecule has 2 rings (SSSR count). The predicted molar refractivity (Wildman–Crippen MR) is 53.5 cm³/mol. The van der Waals surface area contributed by atoms with Crippen molar-refractivity contribution in [1.82, 2.24) is 0 Å². The van der Waals surface area contributed by atoms with Crippen LogP contribution in [0, 0.1) is 0 Å². The Bertz CT molecular complexity index is 568. The van der Waals surface area contributed by atoms with Crippen LogP contribution in [0.25, 0.3) is 11.0 Å². The Morgan fingerprint density at radius 2 is 2.13 bits per heavy atom. The predicted octanol–water partition coefficient (Wildman–Crippen LogP) is 1.15. The highest BCUT2D eigenvalue weighted by Gasteiger charge is 2.05. The fourth-order valence-corrected chi connectivity index (χ4v) is 1.44. The molecule has 2 aromatic rings. The number of aromatic hydroxyl groups is 1. The SMILES string of the molecule is O=[C]Cc1cc(=O)oc2cc(O)ccc12. The fraction of sp³-hybridized carbons (Fsp3) is 0.0909. The molecule has 75 valence electrons. The summed E-state index contributed by atoms with van der Waals surface area (Å²) in [5.41, 5.74) is 0.280. The average molecular weight is 203 g/mol. The Balaban J connectivity index is 2.79. The summed E-state index contributed by atoms with van der Waals surface area (Å²) in [7, 11) is 0. The maximum atomic E-state index is 11.1. The van der Waals surface area contributed by atoms with Gasteiger partial charge in [0.1, 0.15) is 11.3 Å². The third-order valence-electron chi connectivity index (χ3n) is 2.08. The molecule has 0 saturated heterocycles. The van der Waals surface area contributed by atoms with Crippen LogP contribution in [0.1, 0.15) is 5.56 Å². The summed E-state index contributed by atoms with van der Waals surface area (Å²) in [5, 5.41) is 9.84. The van der Waals surface area contributed by atoms with Crippen molar-refractivity contribution in [2.24, 2.45) is 0 Å². The highest BCUT2D eigenvalue weighted by molar-refractivity contribution is 5.83. The normalized spacial score (nSPS) is 10.4. The minimum Gasteiger partial charge on any atom is -0.508 e. The second-order valence-electron chi connectivity index (χ2n) is 3.09. The van der Waals surface area contributed by atoms with Gasteiger partial charge in [-0.25, -0.2) is 4.79 Å². The molecule has 0 aliphatic rings. The smallest absolute Gasteiger partial charge is 0.336 e. The van der Waals surface area contributed by atoms with Gasteiger partial charge in [-0.15, -0.1) is 0 Å². The molecule has 15 heavy (non-hydrogen) atoms. The molecule has 1 heterocycles. The van der Waals surface area contributed by atoms with E-state index in [0.29, 0.717) is 10.9 Å². The Hall–Kier alpha value is -2.10. The van der Waals surface area contributed by atoms with Crippen molar-refractivity contribution >= 4 is 17.3 Å². The van der Waals surface area contributed by atoms with E-state index in [9.17, 15) is 14.7 Å². The topological polar surface area (TPSA) is 67.5 Å². The number of phenolic OH excluding ortho intramolecular Hbond substituents is 1. The monoisotopic (exact) mass is 203 g/mol. The van der Waals surface area contributed by atoms with E-state index in [4.69, 9.17) is 4.42 Å². The van der Waals surface area contributed by atoms with Crippen LogP contribution in [-0.4, -0.2) is 11.4 Å². The summed E-state index contributed by atoms with van der Waals surface area (Å²) < 4.78 is 4.88. The number of carbonyl (C=O) groups excluding carboxylic acids is 1. The summed E-state index contributed by atoms with van der Waals surface area (Å²) in [4.78, 5) is 21.4. The number of fused-ring (bicyclic) bond motifs is 1. The van der Waals surface area contributed by atoms with Crippen molar-refractivity contribution in [2.45, 2.75) is 6.42 Å². The summed E-state index contributed by atoms with van der Waals surface area (Å²) in [5.74, 6) is 0.0119. The van der Waals surface area contributed by atoms with Gasteiger partial charge in [0.15, 0.2) is 0 Å². The average Bonchev–Trinajstić information content (AvgIpc) is 2.17. The lowest BCUT2D eigenvalue weighted by atomic mass is 10.1. The fourth-order valence-electron chi connectivity index (χ4n) is 1.44. The van der Waals surface area contributed by atoms with Gasteiger partial charge in [-0.1, -0.05) is 0 Å². The third kappa shape index (κ3) is 1.74. The maximum Gasteiger partial charge on any atom is 0.336 e. The zero-order chi connectivity index (χ0) is 10.8. The zero-order valence-corrected chi connectivity index (χ0v) is 7.69. The molecule has 0 aliphatic carbocycles. The van der Waals surface area contributed by atoms with Crippen LogP contribution in [0.4, 0.5) is 0 Å². The molecule has 0 atom stereocenters. The molecule has 4 heteroatoms. The number of rotatable bonds is 2. The second-order valence-corrected chi connectivity index (χ2v) is 3.09. The molecule has 1 aromatic carbocycles. The highest BCUT2D eigenvalue weighted by Crippen LogP contribution is 2.21. The summed E-state index contributed by atoms with van der Waals surface area (Å²) in [6, 6.07) is 5.66. The second kappa shape index (κ2) is 3.57. The van der Waals surface area contributed by atoms with Crippen molar-refractivity contribution in [3.05, 3.63) is 40.2 Å². The van der Waals surface area contributed by atoms with Gasteiger partial charge < -0.3 is 9.52 Å². The molecule has 1 aromatic heterocycles. The van der Waals surface area contributed by atoms with Crippen LogP contribution in [0.15, 0.2) is 33.5 Å². The minimum atomic E-state index is -0.543. The van der Waals surface area contributed by atoms with Crippen molar-refractivity contribution in [1.29, 1.82) is 0 Å². The van der Waals surface area contributed by atoms with E-state index in [2.05, 4.69) is 0 Å². The van der Waals surface area contributed by atoms with Crippen LogP contribution in [0.2, 0.25) is 0 Å². The van der Waals surface area contributed by atoms with E-state index in [-0.39, 0.29) is 17.8 Å². The lowest BCUT2D eigenvalue weighted by Gasteiger charge is -2.01. The standard InChI is InChI=1S/C11H7O4/c12-4-3-7-5-11(14)15-10-6-8(13)1-2-9(7)10/h1-2,5-6,13H,3H2. The first kappa shape index (κ1) is 9.45. The summed E-state index contributed by atoms with van der Waals surface area (Å²) in [6.07, 6.45) is 1.76. The first-order valence-electron chi connectivity index (χ1n) is 4.31. The van der Waals surface area contributed by atoms with Crippen LogP contribution >= 0.6 is 0 Å². The molecule has 0 bridgehead atoms. The Labute approximate surface area is 84.8 Å². The van der Waals surface area contributed by atoms with E-state index < -0.39 is 5.63 Å². The largest absolute Gasteiger partial charge is 0.508 e. The van der Waals surface area contributed by atoms with Crippen molar-refractivity contribution in [3.8, 4) is 5.75 Å². The van der Waals surface area contributed by atoms with Gasteiger partial charge >= 0.3 is 5.63 Å². The molecule has 1 radical (unpaired) electrons. The van der Waals surface area contributed by atoms with Gasteiger partial charge in [-0.05, 0) is 17.7 Å². The van der Waals surface area contributed by atoms with E-state index in [1.165, 1.54) is 18.2 Å². The van der Waals surface area contributed by atoms with Crippen LogP contribution in [0.3, 0.4) is 0 Å². The van der Waals surface area contributed by atoms with Crippen molar-refractivity contribution in [2.75, 3.05) is 0 Å². The Morgan fingerprint density at radius 1 is 1.33 bits per heavy atom. The molecule has 0 spiro atoms. The number of phenols is 1. The summed E-state index contributed by atoms with van der Waals surface area (Å²) in [6.45, 7) is 0. The van der Waals surface area contributed by atoms with Gasteiger partial charge in [-0.3, -0.25) is 4.79 Å². The van der Waals surface area contributed by atoms with E-state index >= 15 is 0 Å². The number of hydrogen-bond donors (Lipinski definition) is 1. The molecule has 0 aliphatic heterocycles. The maximum absolute atomic E-state index is 11.1. The van der Waals surface area contributed by atoms with Gasteiger partial charge in [-0.2, -0.15) is 0 Å². The number of hydrogen-bond acceptors (Lipinski definition) is 4. The highest BCUT2D eigenvalue weighted by atomic mass is 16.4. The molecule has 0 unspecified atom stereocenters. The lowest BCUT2D eigenvalue weighted by molar-refractivity contribution is 0.473. The molecular weight excluding hydrogens is 196 g/mol. The van der Waals surface area contributed by atoms with Crippen LogP contribution in [-0.2, 0) is 11.2 Å². The first-order chi connectivity index (χ1) is 7.20. The number of benzene rings is 1. The van der Waals surface area contributed by atoms with E-state index in [1.54, 1.807) is 12.4 Å². The van der Waals surface area contributed by atoms with Gasteiger partial charge in [0.25, 0.3) is 0 Å². The van der Waals surface area contributed by atoms with Crippen LogP contribution in [0.5, 0.6) is 5.75 Å². The third-order valence-corrected chi connectivity index (χ3v) is 2.08. The lowest BCUT2D eigenvalue weighted by Crippen LogP contribution is -2.00. The van der Waals surface area contributed by atoms with E-state index in [0.717, 1.165) is 0 Å². The molecule has 1 N–H and O–H groups in total. The Morgan fingerprint density at radius 3 is 2.87 bits per heavy atom. The molecule has 0 fully saturated rings. The molecule has 0 saturated carbocycles. The van der Waals surface area contributed by atoms with Gasteiger partial charge in [0.2, 0.25) is 6.29 Å². The Kier molecular flexibility index (Phi) is 2.25. The first-order valence-corrected chi connectivity index (χ1v) is 4.31. The molecular formula is C11H7O4.